The highest BCUT2D eigenvalue weighted by Gasteiger charge is 2.20. The van der Waals surface area contributed by atoms with Crippen LogP contribution in [-0.2, 0) is 4.79 Å². The summed E-state index contributed by atoms with van der Waals surface area (Å²) in [5, 5.41) is 2.78. The highest BCUT2D eigenvalue weighted by molar-refractivity contribution is 9.10. The van der Waals surface area contributed by atoms with Gasteiger partial charge in [-0.2, -0.15) is 0 Å². The zero-order valence-corrected chi connectivity index (χ0v) is 13.4. The van der Waals surface area contributed by atoms with E-state index in [0.717, 1.165) is 12.8 Å². The summed E-state index contributed by atoms with van der Waals surface area (Å²) in [6.45, 7) is 5.18. The minimum absolute atomic E-state index is 0.0652. The molecule has 0 aliphatic carbocycles. The summed E-state index contributed by atoms with van der Waals surface area (Å²) in [4.78, 5) is 29.8. The van der Waals surface area contributed by atoms with Crippen molar-refractivity contribution in [2.45, 2.75) is 26.7 Å². The third-order valence-corrected chi connectivity index (χ3v) is 3.29. The molecule has 1 N–H and O–H groups in total. The molecule has 5 nitrogen and oxygen atoms in total. The van der Waals surface area contributed by atoms with Crippen LogP contribution >= 0.6 is 15.9 Å². The van der Waals surface area contributed by atoms with Gasteiger partial charge < -0.3 is 10.2 Å². The van der Waals surface area contributed by atoms with Crippen molar-refractivity contribution in [3.63, 3.8) is 0 Å². The predicted molar refractivity (Wildman–Crippen MR) is 81.4 cm³/mol. The fourth-order valence-electron chi connectivity index (χ4n) is 1.71. The Morgan fingerprint density at radius 3 is 2.70 bits per heavy atom. The summed E-state index contributed by atoms with van der Waals surface area (Å²) < 4.78 is 0.639. The molecule has 0 unspecified atom stereocenters. The van der Waals surface area contributed by atoms with Crippen LogP contribution in [-0.4, -0.2) is 41.3 Å². The van der Waals surface area contributed by atoms with Gasteiger partial charge in [-0.3, -0.25) is 9.59 Å². The Bertz CT molecular complexity index is 465. The molecule has 0 radical (unpaired) electrons. The molecule has 0 spiro atoms. The number of carbonyl (C=O) groups is 2. The molecule has 0 saturated heterocycles. The first-order valence-electron chi connectivity index (χ1n) is 6.76. The molecule has 2 amide bonds. The van der Waals surface area contributed by atoms with Gasteiger partial charge in [0.05, 0.1) is 6.54 Å². The fraction of sp³-hybridized carbons (Fsp3) is 0.500. The molecule has 1 rings (SSSR count). The minimum atomic E-state index is -0.231. The second-order valence-electron chi connectivity index (χ2n) is 4.41. The highest BCUT2D eigenvalue weighted by Crippen LogP contribution is 2.15. The lowest BCUT2D eigenvalue weighted by atomic mass is 10.3. The molecule has 6 heteroatoms. The van der Waals surface area contributed by atoms with Crippen LogP contribution in [0.15, 0.2) is 22.8 Å². The standard InChI is InChI=1S/C14H20BrN3O2/c1-3-7-16-12(19)10-18(9-4-2)14(20)13-11(15)6-5-8-17-13/h5-6,8H,3-4,7,9-10H2,1-2H3,(H,16,19). The van der Waals surface area contributed by atoms with Crippen LogP contribution < -0.4 is 5.32 Å². The van der Waals surface area contributed by atoms with Crippen molar-refractivity contribution in [3.8, 4) is 0 Å². The smallest absolute Gasteiger partial charge is 0.274 e. The van der Waals surface area contributed by atoms with E-state index in [4.69, 9.17) is 0 Å². The highest BCUT2D eigenvalue weighted by atomic mass is 79.9. The molecule has 0 atom stereocenters. The SMILES string of the molecule is CCCNC(=O)CN(CCC)C(=O)c1ncccc1Br. The Balaban J connectivity index is 2.77. The van der Waals surface area contributed by atoms with E-state index in [1.807, 2.05) is 13.8 Å². The summed E-state index contributed by atoms with van der Waals surface area (Å²) in [6.07, 6.45) is 3.23. The number of amides is 2. The average Bonchev–Trinajstić information content (AvgIpc) is 2.44. The van der Waals surface area contributed by atoms with Crippen molar-refractivity contribution in [1.29, 1.82) is 0 Å². The fourth-order valence-corrected chi connectivity index (χ4v) is 2.13. The number of carbonyl (C=O) groups excluding carboxylic acids is 2. The van der Waals surface area contributed by atoms with Gasteiger partial charge in [-0.25, -0.2) is 4.98 Å². The molecule has 0 fully saturated rings. The van der Waals surface area contributed by atoms with E-state index >= 15 is 0 Å². The summed E-state index contributed by atoms with van der Waals surface area (Å²) >= 11 is 3.31. The van der Waals surface area contributed by atoms with Gasteiger partial charge in [0.1, 0.15) is 5.69 Å². The van der Waals surface area contributed by atoms with Crippen molar-refractivity contribution >= 4 is 27.7 Å². The van der Waals surface area contributed by atoms with Gasteiger partial charge in [-0.05, 0) is 40.9 Å². The predicted octanol–water partition coefficient (Wildman–Crippen LogP) is 2.22. The number of pyridine rings is 1. The topological polar surface area (TPSA) is 62.3 Å². The van der Waals surface area contributed by atoms with Crippen molar-refractivity contribution < 1.29 is 9.59 Å². The maximum atomic E-state index is 12.4. The number of nitrogens with one attached hydrogen (secondary N) is 1. The molecule has 0 aromatic carbocycles. The summed E-state index contributed by atoms with van der Waals surface area (Å²) in [5.41, 5.74) is 0.337. The number of nitrogens with zero attached hydrogens (tertiary/aromatic N) is 2. The monoisotopic (exact) mass is 341 g/mol. The van der Waals surface area contributed by atoms with E-state index in [-0.39, 0.29) is 18.4 Å². The van der Waals surface area contributed by atoms with E-state index < -0.39 is 0 Å². The molecule has 1 aromatic heterocycles. The van der Waals surface area contributed by atoms with Gasteiger partial charge in [-0.15, -0.1) is 0 Å². The van der Waals surface area contributed by atoms with E-state index in [0.29, 0.717) is 23.3 Å². The second kappa shape index (κ2) is 8.68. The summed E-state index contributed by atoms with van der Waals surface area (Å²) in [5.74, 6) is -0.369. The van der Waals surface area contributed by atoms with Gasteiger partial charge in [0.2, 0.25) is 5.91 Å². The molecule has 1 heterocycles. The van der Waals surface area contributed by atoms with E-state index in [1.54, 1.807) is 18.3 Å². The van der Waals surface area contributed by atoms with Crippen LogP contribution in [0, 0.1) is 0 Å². The van der Waals surface area contributed by atoms with Crippen molar-refractivity contribution in [1.82, 2.24) is 15.2 Å². The quantitative estimate of drug-likeness (QED) is 0.827. The molecule has 110 valence electrons. The number of aromatic nitrogens is 1. The van der Waals surface area contributed by atoms with Crippen LogP contribution in [0.25, 0.3) is 0 Å². The van der Waals surface area contributed by atoms with Gasteiger partial charge >= 0.3 is 0 Å². The first kappa shape index (κ1) is 16.6. The van der Waals surface area contributed by atoms with Crippen LogP contribution in [0.3, 0.4) is 0 Å². The zero-order valence-electron chi connectivity index (χ0n) is 11.9. The number of rotatable bonds is 7. The molecular formula is C14H20BrN3O2. The molecular weight excluding hydrogens is 322 g/mol. The van der Waals surface area contributed by atoms with Crippen LogP contribution in [0.1, 0.15) is 37.2 Å². The Morgan fingerprint density at radius 1 is 1.35 bits per heavy atom. The molecule has 0 bridgehead atoms. The number of hydrogen-bond donors (Lipinski definition) is 1. The molecule has 0 saturated carbocycles. The largest absolute Gasteiger partial charge is 0.355 e. The van der Waals surface area contributed by atoms with Gasteiger partial charge in [0.15, 0.2) is 0 Å². The maximum Gasteiger partial charge on any atom is 0.274 e. The van der Waals surface area contributed by atoms with Crippen LogP contribution in [0.5, 0.6) is 0 Å². The van der Waals surface area contributed by atoms with E-state index in [1.165, 1.54) is 4.90 Å². The van der Waals surface area contributed by atoms with E-state index in [9.17, 15) is 9.59 Å². The Hall–Kier alpha value is -1.43. The van der Waals surface area contributed by atoms with Crippen molar-refractivity contribution in [2.24, 2.45) is 0 Å². The third-order valence-electron chi connectivity index (χ3n) is 2.65. The van der Waals surface area contributed by atoms with Crippen molar-refractivity contribution in [3.05, 3.63) is 28.5 Å². The Morgan fingerprint density at radius 2 is 2.10 bits per heavy atom. The third kappa shape index (κ3) is 4.92. The first-order valence-corrected chi connectivity index (χ1v) is 7.55. The summed E-state index contributed by atoms with van der Waals surface area (Å²) in [6, 6.07) is 3.51. The molecule has 20 heavy (non-hydrogen) atoms. The average molecular weight is 342 g/mol. The van der Waals surface area contributed by atoms with Crippen molar-refractivity contribution in [2.75, 3.05) is 19.6 Å². The lowest BCUT2D eigenvalue weighted by Crippen LogP contribution is -2.41. The maximum absolute atomic E-state index is 12.4. The number of hydrogen-bond acceptors (Lipinski definition) is 3. The normalized spacial score (nSPS) is 10.2. The minimum Gasteiger partial charge on any atom is -0.355 e. The zero-order chi connectivity index (χ0) is 15.0. The molecule has 1 aromatic rings. The Kier molecular flexibility index (Phi) is 7.22. The summed E-state index contributed by atoms with van der Waals surface area (Å²) in [7, 11) is 0. The second-order valence-corrected chi connectivity index (χ2v) is 5.26. The lowest BCUT2D eigenvalue weighted by Gasteiger charge is -2.21. The molecule has 0 aliphatic heterocycles. The van der Waals surface area contributed by atoms with Gasteiger partial charge in [0, 0.05) is 23.8 Å². The van der Waals surface area contributed by atoms with Crippen LogP contribution in [0.2, 0.25) is 0 Å². The van der Waals surface area contributed by atoms with Gasteiger partial charge in [-0.1, -0.05) is 13.8 Å². The number of halogens is 1. The Labute approximate surface area is 127 Å². The van der Waals surface area contributed by atoms with Gasteiger partial charge in [0.25, 0.3) is 5.91 Å². The first-order chi connectivity index (χ1) is 9.60. The molecule has 0 aliphatic rings. The lowest BCUT2D eigenvalue weighted by molar-refractivity contribution is -0.121. The van der Waals surface area contributed by atoms with E-state index in [2.05, 4.69) is 26.2 Å². The van der Waals surface area contributed by atoms with Crippen LogP contribution in [0.4, 0.5) is 0 Å².